The standard InChI is InChI=1S/C27H38N2O5/c1-3-15-27(34-24(31)14-13-21(2)30)16-10-18-28(20-27)17-8-4-5-9-19-29-25(32)22-11-6-7-12-23(22)26(29)33/h6-7,11-12H,3-5,8-10,13-20H2,1-2H3. The van der Waals surface area contributed by atoms with E-state index in [0.29, 0.717) is 17.7 Å². The summed E-state index contributed by atoms with van der Waals surface area (Å²) in [4.78, 5) is 52.2. The molecule has 2 amide bonds. The first kappa shape index (κ1) is 26.1. The highest BCUT2D eigenvalue weighted by Crippen LogP contribution is 2.31. The second kappa shape index (κ2) is 12.2. The fourth-order valence-electron chi connectivity index (χ4n) is 5.15. The number of unbranched alkanes of at least 4 members (excludes halogenated alkanes) is 3. The molecule has 0 N–H and O–H groups in total. The van der Waals surface area contributed by atoms with Crippen molar-refractivity contribution in [2.75, 3.05) is 26.2 Å². The van der Waals surface area contributed by atoms with Crippen molar-refractivity contribution in [1.82, 2.24) is 9.80 Å². The van der Waals surface area contributed by atoms with Crippen LogP contribution in [0.15, 0.2) is 24.3 Å². The summed E-state index contributed by atoms with van der Waals surface area (Å²) < 4.78 is 5.95. The number of piperidine rings is 1. The Kier molecular flexibility index (Phi) is 9.39. The normalized spacial score (nSPS) is 20.5. The number of likely N-dealkylation sites (tertiary alicyclic amines) is 1. The highest BCUT2D eigenvalue weighted by Gasteiger charge is 2.38. The summed E-state index contributed by atoms with van der Waals surface area (Å²) in [6.45, 7) is 6.78. The zero-order valence-electron chi connectivity index (χ0n) is 20.6. The number of hydrogen-bond donors (Lipinski definition) is 0. The molecule has 2 heterocycles. The van der Waals surface area contributed by atoms with E-state index in [4.69, 9.17) is 4.74 Å². The topological polar surface area (TPSA) is 84.0 Å². The van der Waals surface area contributed by atoms with Gasteiger partial charge in [-0.25, -0.2) is 0 Å². The van der Waals surface area contributed by atoms with Crippen LogP contribution in [0.1, 0.15) is 98.8 Å². The second-order valence-electron chi connectivity index (χ2n) is 9.71. The van der Waals surface area contributed by atoms with E-state index in [9.17, 15) is 19.2 Å². The predicted molar refractivity (Wildman–Crippen MR) is 130 cm³/mol. The van der Waals surface area contributed by atoms with Crippen molar-refractivity contribution >= 4 is 23.6 Å². The SMILES string of the molecule is CCCC1(OC(=O)CCC(C)=O)CCCN(CCCCCCN2C(=O)c3ccccc3C2=O)C1. The van der Waals surface area contributed by atoms with Gasteiger partial charge in [0, 0.05) is 19.5 Å². The smallest absolute Gasteiger partial charge is 0.306 e. The van der Waals surface area contributed by atoms with Gasteiger partial charge >= 0.3 is 5.97 Å². The number of hydrogen-bond acceptors (Lipinski definition) is 6. The summed E-state index contributed by atoms with van der Waals surface area (Å²) in [5, 5.41) is 0. The lowest BCUT2D eigenvalue weighted by atomic mass is 9.88. The molecule has 0 saturated carbocycles. The van der Waals surface area contributed by atoms with Gasteiger partial charge in [0.1, 0.15) is 11.4 Å². The van der Waals surface area contributed by atoms with Crippen LogP contribution < -0.4 is 0 Å². The number of rotatable bonds is 13. The third-order valence-corrected chi connectivity index (χ3v) is 6.82. The summed E-state index contributed by atoms with van der Waals surface area (Å²) in [5.74, 6) is -0.619. The van der Waals surface area contributed by atoms with Gasteiger partial charge in [-0.3, -0.25) is 24.2 Å². The Morgan fingerprint density at radius 2 is 1.62 bits per heavy atom. The van der Waals surface area contributed by atoms with Gasteiger partial charge in [0.05, 0.1) is 17.5 Å². The van der Waals surface area contributed by atoms with Crippen LogP contribution in [0, 0.1) is 0 Å². The first-order chi connectivity index (χ1) is 16.3. The van der Waals surface area contributed by atoms with Gasteiger partial charge in [-0.2, -0.15) is 0 Å². The summed E-state index contributed by atoms with van der Waals surface area (Å²) in [5.41, 5.74) is 0.581. The summed E-state index contributed by atoms with van der Waals surface area (Å²) >= 11 is 0. The van der Waals surface area contributed by atoms with Gasteiger partial charge in [0.2, 0.25) is 0 Å². The maximum Gasteiger partial charge on any atom is 0.306 e. The van der Waals surface area contributed by atoms with Crippen LogP contribution >= 0.6 is 0 Å². The summed E-state index contributed by atoms with van der Waals surface area (Å²) in [6, 6.07) is 7.01. The van der Waals surface area contributed by atoms with Crippen LogP contribution in [0.3, 0.4) is 0 Å². The quantitative estimate of drug-likeness (QED) is 0.242. The number of imide groups is 1. The van der Waals surface area contributed by atoms with Crippen molar-refractivity contribution in [2.45, 2.75) is 83.7 Å². The monoisotopic (exact) mass is 470 g/mol. The maximum absolute atomic E-state index is 12.4. The molecule has 34 heavy (non-hydrogen) atoms. The van der Waals surface area contributed by atoms with Crippen LogP contribution in [-0.4, -0.2) is 65.1 Å². The molecule has 3 rings (SSSR count). The van der Waals surface area contributed by atoms with Crippen LogP contribution in [0.5, 0.6) is 0 Å². The van der Waals surface area contributed by atoms with E-state index in [-0.39, 0.29) is 36.4 Å². The zero-order valence-corrected chi connectivity index (χ0v) is 20.6. The third kappa shape index (κ3) is 6.75. The molecule has 0 aromatic heterocycles. The number of nitrogens with zero attached hydrogens (tertiary/aromatic N) is 2. The molecule has 1 fully saturated rings. The fraction of sp³-hybridized carbons (Fsp3) is 0.630. The van der Waals surface area contributed by atoms with Gasteiger partial charge in [0.25, 0.3) is 11.8 Å². The molecule has 1 aromatic rings. The van der Waals surface area contributed by atoms with Crippen molar-refractivity contribution < 1.29 is 23.9 Å². The molecule has 1 saturated heterocycles. The van der Waals surface area contributed by atoms with Gasteiger partial charge in [-0.1, -0.05) is 38.3 Å². The van der Waals surface area contributed by atoms with Crippen LogP contribution in [0.2, 0.25) is 0 Å². The highest BCUT2D eigenvalue weighted by atomic mass is 16.6. The Labute approximate surface area is 202 Å². The van der Waals surface area contributed by atoms with Gasteiger partial charge in [-0.05, 0) is 64.3 Å². The number of ketones is 1. The van der Waals surface area contributed by atoms with E-state index >= 15 is 0 Å². The Bertz CT molecular complexity index is 860. The van der Waals surface area contributed by atoms with E-state index in [2.05, 4.69) is 11.8 Å². The first-order valence-corrected chi connectivity index (χ1v) is 12.7. The molecular formula is C27H38N2O5. The molecule has 1 aromatic carbocycles. The first-order valence-electron chi connectivity index (χ1n) is 12.7. The Morgan fingerprint density at radius 1 is 0.971 bits per heavy atom. The molecule has 1 unspecified atom stereocenters. The second-order valence-corrected chi connectivity index (χ2v) is 9.71. The fourth-order valence-corrected chi connectivity index (χ4v) is 5.15. The third-order valence-electron chi connectivity index (χ3n) is 6.82. The highest BCUT2D eigenvalue weighted by molar-refractivity contribution is 6.21. The largest absolute Gasteiger partial charge is 0.458 e. The number of amides is 2. The Hall–Kier alpha value is -2.54. The molecule has 0 bridgehead atoms. The lowest BCUT2D eigenvalue weighted by Gasteiger charge is -2.42. The Morgan fingerprint density at radius 3 is 2.24 bits per heavy atom. The lowest BCUT2D eigenvalue weighted by molar-refractivity contribution is -0.167. The molecular weight excluding hydrogens is 432 g/mol. The van der Waals surface area contributed by atoms with Crippen LogP contribution in [0.4, 0.5) is 0 Å². The molecule has 0 radical (unpaired) electrons. The average molecular weight is 471 g/mol. The van der Waals surface area contributed by atoms with Crippen molar-refractivity contribution in [3.63, 3.8) is 0 Å². The van der Waals surface area contributed by atoms with Gasteiger partial charge < -0.3 is 9.53 Å². The minimum atomic E-state index is -0.438. The van der Waals surface area contributed by atoms with Gasteiger partial charge in [0.15, 0.2) is 0 Å². The van der Waals surface area contributed by atoms with Crippen molar-refractivity contribution in [3.05, 3.63) is 35.4 Å². The van der Waals surface area contributed by atoms with E-state index in [1.54, 1.807) is 24.3 Å². The molecule has 0 spiro atoms. The molecule has 186 valence electrons. The number of ether oxygens (including phenoxy) is 1. The van der Waals surface area contributed by atoms with E-state index in [0.717, 1.165) is 71.0 Å². The molecule has 1 atom stereocenters. The Balaban J connectivity index is 1.38. The molecule has 7 nitrogen and oxygen atoms in total. The summed E-state index contributed by atoms with van der Waals surface area (Å²) in [6.07, 6.45) is 7.89. The number of carbonyl (C=O) groups is 4. The van der Waals surface area contributed by atoms with Crippen molar-refractivity contribution in [1.29, 1.82) is 0 Å². The molecule has 0 aliphatic carbocycles. The number of fused-ring (bicyclic) bond motifs is 1. The minimum Gasteiger partial charge on any atom is -0.458 e. The summed E-state index contributed by atoms with van der Waals surface area (Å²) in [7, 11) is 0. The number of Topliss-reactive ketones (excluding diaryl/α,β-unsaturated/α-hetero) is 1. The van der Waals surface area contributed by atoms with E-state index < -0.39 is 5.60 Å². The number of carbonyl (C=O) groups excluding carboxylic acids is 4. The van der Waals surface area contributed by atoms with E-state index in [1.165, 1.54) is 11.8 Å². The predicted octanol–water partition coefficient (Wildman–Crippen LogP) is 4.39. The molecule has 7 heteroatoms. The lowest BCUT2D eigenvalue weighted by Crippen LogP contribution is -2.51. The number of benzene rings is 1. The molecule has 2 aliphatic rings. The van der Waals surface area contributed by atoms with Crippen molar-refractivity contribution in [2.24, 2.45) is 0 Å². The van der Waals surface area contributed by atoms with E-state index in [1.807, 2.05) is 0 Å². The van der Waals surface area contributed by atoms with Gasteiger partial charge in [-0.15, -0.1) is 0 Å². The maximum atomic E-state index is 12.4. The number of esters is 1. The molecule has 2 aliphatic heterocycles. The zero-order chi connectivity index (χ0) is 24.6. The van der Waals surface area contributed by atoms with Crippen LogP contribution in [0.25, 0.3) is 0 Å². The van der Waals surface area contributed by atoms with Crippen LogP contribution in [-0.2, 0) is 14.3 Å². The minimum absolute atomic E-state index is 0.00904. The van der Waals surface area contributed by atoms with Crippen molar-refractivity contribution in [3.8, 4) is 0 Å². The average Bonchev–Trinajstić information content (AvgIpc) is 3.05.